The van der Waals surface area contributed by atoms with Gasteiger partial charge in [-0.3, -0.25) is 0 Å². The Hall–Kier alpha value is -13.4. The first-order valence-electron chi connectivity index (χ1n) is 35.1. The number of furan rings is 2. The van der Waals surface area contributed by atoms with Crippen molar-refractivity contribution in [1.29, 1.82) is 0 Å². The molecule has 1 aliphatic carbocycles. The molecule has 0 N–H and O–H groups in total. The standard InChI is InChI=1S/C96H64N4O2/c1-2-17-63(18-3-1)64-35-44-73(45-36-64)97(79-53-56-95-88(61-79)85-29-8-13-34-94(85)101-95)74-48-39-66(40-49-74)71-22-16-24-78(59-71)100-91-32-11-6-27-83(91)87-60-72(43-55-92(87)100)69-20-14-19-68(57-69)65-37-46-75(47-38-65)98(80-52-54-86-84-28-7-12-33-93(84)102-96(86)62-80)76-50-41-67(42-51-76)70-21-15-23-77(58-70)99-89-30-9-4-25-81(89)82-26-5-10-31-90(82)99/h1-4,6-25,27-62H,5,26H2. The number of anilines is 6. The van der Waals surface area contributed by atoms with Crippen LogP contribution >= 0.6 is 0 Å². The molecule has 6 heteroatoms. The van der Waals surface area contributed by atoms with Crippen LogP contribution in [0.1, 0.15) is 17.7 Å². The smallest absolute Gasteiger partial charge is 0.137 e. The van der Waals surface area contributed by atoms with E-state index in [4.69, 9.17) is 8.83 Å². The van der Waals surface area contributed by atoms with E-state index in [0.717, 1.165) is 152 Å². The molecule has 19 aromatic rings. The maximum absolute atomic E-state index is 6.52. The molecule has 1 aliphatic rings. The summed E-state index contributed by atoms with van der Waals surface area (Å²) in [5.41, 5.74) is 29.9. The molecule has 0 saturated heterocycles. The predicted octanol–water partition coefficient (Wildman–Crippen LogP) is 26.8. The molecule has 20 rings (SSSR count). The number of hydrogen-bond donors (Lipinski definition) is 0. The highest BCUT2D eigenvalue weighted by molar-refractivity contribution is 6.11. The first-order valence-corrected chi connectivity index (χ1v) is 35.1. The lowest BCUT2D eigenvalue weighted by atomic mass is 9.97. The van der Waals surface area contributed by atoms with Crippen molar-refractivity contribution in [2.24, 2.45) is 0 Å². The molecular weight excluding hydrogens is 1240 g/mol. The lowest BCUT2D eigenvalue weighted by Gasteiger charge is -2.26. The van der Waals surface area contributed by atoms with E-state index in [2.05, 4.69) is 359 Å². The molecule has 102 heavy (non-hydrogen) atoms. The summed E-state index contributed by atoms with van der Waals surface area (Å²) in [5, 5.41) is 8.15. The molecule has 4 heterocycles. The Morgan fingerprint density at radius 2 is 0.637 bits per heavy atom. The summed E-state index contributed by atoms with van der Waals surface area (Å²) in [6.07, 6.45) is 6.73. The van der Waals surface area contributed by atoms with Crippen LogP contribution in [0.25, 0.3) is 150 Å². The van der Waals surface area contributed by atoms with Gasteiger partial charge >= 0.3 is 0 Å². The normalized spacial score (nSPS) is 12.2. The highest BCUT2D eigenvalue weighted by Crippen LogP contribution is 2.45. The van der Waals surface area contributed by atoms with Crippen molar-refractivity contribution in [3.8, 4) is 67.0 Å². The topological polar surface area (TPSA) is 42.6 Å². The zero-order valence-corrected chi connectivity index (χ0v) is 55.7. The van der Waals surface area contributed by atoms with Crippen LogP contribution in [0.3, 0.4) is 0 Å². The van der Waals surface area contributed by atoms with Crippen LogP contribution < -0.4 is 9.80 Å². The van der Waals surface area contributed by atoms with E-state index in [1.165, 1.54) is 49.6 Å². The Balaban J connectivity index is 0.603. The molecule has 480 valence electrons. The minimum absolute atomic E-state index is 0.853. The number of allylic oxidation sites excluding steroid dienone is 1. The molecule has 0 unspecified atom stereocenters. The summed E-state index contributed by atoms with van der Waals surface area (Å²) in [7, 11) is 0. The van der Waals surface area contributed by atoms with Gasteiger partial charge in [0.1, 0.15) is 22.3 Å². The fraction of sp³-hybridized carbons (Fsp3) is 0.0208. The van der Waals surface area contributed by atoms with E-state index in [-0.39, 0.29) is 0 Å². The van der Waals surface area contributed by atoms with E-state index in [1.807, 2.05) is 24.3 Å². The molecule has 0 atom stereocenters. The summed E-state index contributed by atoms with van der Waals surface area (Å²) in [6.45, 7) is 0. The van der Waals surface area contributed by atoms with E-state index in [0.29, 0.717) is 0 Å². The summed E-state index contributed by atoms with van der Waals surface area (Å²) in [4.78, 5) is 4.68. The molecule has 15 aromatic carbocycles. The molecule has 0 bridgehead atoms. The summed E-state index contributed by atoms with van der Waals surface area (Å²) in [6, 6.07) is 128. The van der Waals surface area contributed by atoms with Gasteiger partial charge in [-0.1, -0.05) is 206 Å². The predicted molar refractivity (Wildman–Crippen MR) is 426 cm³/mol. The van der Waals surface area contributed by atoms with Gasteiger partial charge in [0.05, 0.1) is 16.6 Å². The van der Waals surface area contributed by atoms with Gasteiger partial charge in [-0.05, 0) is 226 Å². The fourth-order valence-corrected chi connectivity index (χ4v) is 15.9. The van der Waals surface area contributed by atoms with Crippen LogP contribution in [-0.2, 0) is 6.42 Å². The van der Waals surface area contributed by atoms with Crippen LogP contribution in [0.4, 0.5) is 34.1 Å². The molecule has 6 nitrogen and oxygen atoms in total. The van der Waals surface area contributed by atoms with Gasteiger partial charge in [0.25, 0.3) is 0 Å². The van der Waals surface area contributed by atoms with Gasteiger partial charge in [-0.25, -0.2) is 0 Å². The zero-order valence-electron chi connectivity index (χ0n) is 55.7. The number of para-hydroxylation sites is 4. The van der Waals surface area contributed by atoms with Crippen molar-refractivity contribution in [3.63, 3.8) is 0 Å². The maximum atomic E-state index is 6.52. The molecular formula is C96H64N4O2. The minimum atomic E-state index is 0.853. The largest absolute Gasteiger partial charge is 0.456 e. The zero-order chi connectivity index (χ0) is 67.2. The highest BCUT2D eigenvalue weighted by Gasteiger charge is 2.23. The average molecular weight is 1310 g/mol. The van der Waals surface area contributed by atoms with Gasteiger partial charge < -0.3 is 27.8 Å². The van der Waals surface area contributed by atoms with E-state index in [1.54, 1.807) is 0 Å². The van der Waals surface area contributed by atoms with Gasteiger partial charge in [-0.2, -0.15) is 0 Å². The second-order valence-corrected chi connectivity index (χ2v) is 26.7. The molecule has 0 saturated carbocycles. The van der Waals surface area contributed by atoms with Gasteiger partial charge in [0, 0.05) is 95.0 Å². The van der Waals surface area contributed by atoms with Crippen LogP contribution in [0.5, 0.6) is 0 Å². The fourth-order valence-electron chi connectivity index (χ4n) is 15.9. The Bertz CT molecular complexity index is 6490. The van der Waals surface area contributed by atoms with Gasteiger partial charge in [0.15, 0.2) is 0 Å². The Kier molecular flexibility index (Phi) is 13.9. The van der Waals surface area contributed by atoms with Crippen LogP contribution in [0, 0.1) is 0 Å². The van der Waals surface area contributed by atoms with Crippen molar-refractivity contribution in [3.05, 3.63) is 369 Å². The van der Waals surface area contributed by atoms with Crippen LogP contribution in [0.15, 0.2) is 367 Å². The number of hydrogen-bond acceptors (Lipinski definition) is 4. The molecule has 0 radical (unpaired) electrons. The second kappa shape index (κ2) is 24.2. The third-order valence-corrected chi connectivity index (χ3v) is 20.8. The lowest BCUT2D eigenvalue weighted by molar-refractivity contribution is 0.668. The van der Waals surface area contributed by atoms with Crippen LogP contribution in [0.2, 0.25) is 0 Å². The quantitative estimate of drug-likeness (QED) is 0.115. The molecule has 4 aromatic heterocycles. The molecule has 0 aliphatic heterocycles. The van der Waals surface area contributed by atoms with E-state index in [9.17, 15) is 0 Å². The number of benzene rings is 15. The SMILES string of the molecule is C1=Cc2c(c3ccccc3n2-c2cccc(-c3ccc(N(c4ccc(-c5cccc(-c6ccc7c(c6)c6ccccc6n7-c6cccc(-c7ccc(N(c8ccc(-c9ccccc9)cc8)c8ccc9oc%10ccccc%10c9c8)cc7)c6)c5)cc4)c4ccc5c(c4)oc4ccccc45)cc3)c2)CC1. The maximum Gasteiger partial charge on any atom is 0.137 e. The second-order valence-electron chi connectivity index (χ2n) is 26.7. The summed E-state index contributed by atoms with van der Waals surface area (Å²) in [5.74, 6) is 0. The van der Waals surface area contributed by atoms with Crippen LogP contribution in [-0.4, -0.2) is 9.13 Å². The minimum Gasteiger partial charge on any atom is -0.456 e. The van der Waals surface area contributed by atoms with Crippen molar-refractivity contribution < 1.29 is 8.83 Å². The Morgan fingerprint density at radius 3 is 1.26 bits per heavy atom. The first kappa shape index (κ1) is 58.7. The molecule has 0 amide bonds. The van der Waals surface area contributed by atoms with Crippen molar-refractivity contribution in [1.82, 2.24) is 9.13 Å². The number of fused-ring (bicyclic) bond motifs is 12. The number of nitrogens with zero attached hydrogens (tertiary/aromatic N) is 4. The molecule has 0 spiro atoms. The van der Waals surface area contributed by atoms with Gasteiger partial charge in [0.2, 0.25) is 0 Å². The summed E-state index contributed by atoms with van der Waals surface area (Å²) >= 11 is 0. The van der Waals surface area contributed by atoms with E-state index >= 15 is 0 Å². The summed E-state index contributed by atoms with van der Waals surface area (Å²) < 4.78 is 17.7. The third-order valence-electron chi connectivity index (χ3n) is 20.8. The number of aromatic nitrogens is 2. The van der Waals surface area contributed by atoms with Crippen molar-refractivity contribution in [2.45, 2.75) is 12.8 Å². The van der Waals surface area contributed by atoms with Crippen molar-refractivity contribution in [2.75, 3.05) is 9.80 Å². The lowest BCUT2D eigenvalue weighted by Crippen LogP contribution is -2.09. The Morgan fingerprint density at radius 1 is 0.235 bits per heavy atom. The highest BCUT2D eigenvalue weighted by atomic mass is 16.3. The average Bonchev–Trinajstić information content (AvgIpc) is 1.58. The monoisotopic (exact) mass is 1300 g/mol. The number of aryl methyl sites for hydroxylation is 1. The first-order chi connectivity index (χ1) is 50.5. The number of rotatable bonds is 13. The molecule has 0 fully saturated rings. The Labute approximate surface area is 590 Å². The van der Waals surface area contributed by atoms with E-state index < -0.39 is 0 Å². The van der Waals surface area contributed by atoms with Gasteiger partial charge in [-0.15, -0.1) is 0 Å². The van der Waals surface area contributed by atoms with Crippen molar-refractivity contribution >= 4 is 117 Å². The third kappa shape index (κ3) is 10.1.